The first kappa shape index (κ1) is 11.0. The molecule has 1 heterocycles. The van der Waals surface area contributed by atoms with E-state index >= 15 is 0 Å². The van der Waals surface area contributed by atoms with E-state index in [-0.39, 0.29) is 6.04 Å². The van der Waals surface area contributed by atoms with Crippen LogP contribution in [0.25, 0.3) is 0 Å². The maximum atomic E-state index is 5.46. The van der Waals surface area contributed by atoms with Crippen molar-refractivity contribution in [3.63, 3.8) is 0 Å². The molecule has 0 saturated carbocycles. The molecule has 0 fully saturated rings. The molecule has 2 N–H and O–H groups in total. The maximum absolute atomic E-state index is 5.46. The Morgan fingerprint density at radius 3 is 3.12 bits per heavy atom. The van der Waals surface area contributed by atoms with Crippen LogP contribution in [0.4, 0.5) is 0 Å². The molecule has 0 radical (unpaired) electrons. The normalized spacial score (nSPS) is 19.1. The molecule has 1 aliphatic heterocycles. The first-order valence-electron chi connectivity index (χ1n) is 5.34. The van der Waals surface area contributed by atoms with Crippen molar-refractivity contribution in [2.45, 2.75) is 12.5 Å². The Hall–Kier alpha value is -1.55. The van der Waals surface area contributed by atoms with Crippen molar-refractivity contribution in [2.75, 3.05) is 20.3 Å². The molecular weight excluding hydrogens is 204 g/mol. The van der Waals surface area contributed by atoms with Crippen LogP contribution in [-0.2, 0) is 11.2 Å². The molecule has 0 aliphatic carbocycles. The molecule has 16 heavy (non-hydrogen) atoms. The Labute approximate surface area is 95.1 Å². The number of rotatable bonds is 4. The third-order valence-corrected chi connectivity index (χ3v) is 2.55. The van der Waals surface area contributed by atoms with Crippen LogP contribution in [0.15, 0.2) is 29.3 Å². The summed E-state index contributed by atoms with van der Waals surface area (Å²) in [6, 6.07) is 8.19. The fourth-order valence-corrected chi connectivity index (χ4v) is 1.76. The van der Waals surface area contributed by atoms with E-state index in [1.807, 2.05) is 18.2 Å². The molecule has 1 aromatic rings. The lowest BCUT2D eigenvalue weighted by molar-refractivity contribution is 0.312. The molecule has 0 saturated heterocycles. The van der Waals surface area contributed by atoms with Gasteiger partial charge in [0.05, 0.1) is 19.7 Å². The van der Waals surface area contributed by atoms with Crippen molar-refractivity contribution in [3.05, 3.63) is 29.8 Å². The van der Waals surface area contributed by atoms with Gasteiger partial charge in [0.15, 0.2) is 5.90 Å². The van der Waals surface area contributed by atoms with Gasteiger partial charge in [-0.2, -0.15) is 0 Å². The lowest BCUT2D eigenvalue weighted by atomic mass is 10.1. The van der Waals surface area contributed by atoms with E-state index in [9.17, 15) is 0 Å². The number of benzene rings is 1. The molecule has 0 amide bonds. The van der Waals surface area contributed by atoms with Crippen molar-refractivity contribution in [1.29, 1.82) is 0 Å². The zero-order valence-corrected chi connectivity index (χ0v) is 9.35. The highest BCUT2D eigenvalue weighted by molar-refractivity contribution is 5.79. The van der Waals surface area contributed by atoms with Crippen LogP contribution in [0.1, 0.15) is 5.56 Å². The van der Waals surface area contributed by atoms with Gasteiger partial charge in [0.25, 0.3) is 0 Å². The molecule has 2 rings (SSSR count). The van der Waals surface area contributed by atoms with Gasteiger partial charge in [0.2, 0.25) is 0 Å². The highest BCUT2D eigenvalue weighted by atomic mass is 16.5. The minimum absolute atomic E-state index is 0.186. The van der Waals surface area contributed by atoms with Gasteiger partial charge in [-0.25, -0.2) is 4.99 Å². The van der Waals surface area contributed by atoms with E-state index < -0.39 is 0 Å². The summed E-state index contributed by atoms with van der Waals surface area (Å²) in [6.07, 6.45) is 0.862. The Balaban J connectivity index is 2.01. The standard InChI is InChI=1S/C12H16N2O2/c1-15-11-4-2-3-9(6-11)5-10-8-16-12(7-13)14-10/h2-4,6,10H,5,7-8,13H2,1H3. The van der Waals surface area contributed by atoms with Crippen molar-refractivity contribution >= 4 is 5.90 Å². The summed E-state index contributed by atoms with van der Waals surface area (Å²) in [5.74, 6) is 1.53. The number of hydrogen-bond acceptors (Lipinski definition) is 4. The average Bonchev–Trinajstić information content (AvgIpc) is 2.77. The Kier molecular flexibility index (Phi) is 3.41. The number of ether oxygens (including phenoxy) is 2. The number of nitrogens with zero attached hydrogens (tertiary/aromatic N) is 1. The van der Waals surface area contributed by atoms with Crippen molar-refractivity contribution in [3.8, 4) is 5.75 Å². The van der Waals surface area contributed by atoms with E-state index in [4.69, 9.17) is 15.2 Å². The minimum Gasteiger partial charge on any atom is -0.497 e. The molecule has 0 spiro atoms. The van der Waals surface area contributed by atoms with Gasteiger partial charge < -0.3 is 15.2 Å². The number of nitrogens with two attached hydrogens (primary N) is 1. The zero-order chi connectivity index (χ0) is 11.4. The predicted molar refractivity (Wildman–Crippen MR) is 62.9 cm³/mol. The zero-order valence-electron chi connectivity index (χ0n) is 9.35. The topological polar surface area (TPSA) is 56.8 Å². The molecule has 0 aromatic heterocycles. The summed E-state index contributed by atoms with van der Waals surface area (Å²) in [4.78, 5) is 4.39. The molecule has 1 aromatic carbocycles. The lowest BCUT2D eigenvalue weighted by Gasteiger charge is -2.06. The van der Waals surface area contributed by atoms with Crippen LogP contribution >= 0.6 is 0 Å². The van der Waals surface area contributed by atoms with Gasteiger partial charge in [-0.1, -0.05) is 12.1 Å². The van der Waals surface area contributed by atoms with Crippen molar-refractivity contribution < 1.29 is 9.47 Å². The Bertz CT molecular complexity index is 390. The smallest absolute Gasteiger partial charge is 0.197 e. The molecule has 0 bridgehead atoms. The molecule has 1 atom stereocenters. The van der Waals surface area contributed by atoms with Gasteiger partial charge in [-0.05, 0) is 24.1 Å². The SMILES string of the molecule is COc1cccc(CC2COC(CN)=N2)c1. The summed E-state index contributed by atoms with van der Waals surface area (Å²) < 4.78 is 10.5. The molecule has 4 nitrogen and oxygen atoms in total. The second-order valence-electron chi connectivity index (χ2n) is 3.75. The molecular formula is C12H16N2O2. The largest absolute Gasteiger partial charge is 0.497 e. The number of hydrogen-bond donors (Lipinski definition) is 1. The van der Waals surface area contributed by atoms with Crippen LogP contribution < -0.4 is 10.5 Å². The lowest BCUT2D eigenvalue weighted by Crippen LogP contribution is -2.13. The second kappa shape index (κ2) is 4.99. The third-order valence-electron chi connectivity index (χ3n) is 2.55. The Morgan fingerprint density at radius 2 is 2.44 bits per heavy atom. The molecule has 86 valence electrons. The van der Waals surface area contributed by atoms with E-state index in [2.05, 4.69) is 11.1 Å². The maximum Gasteiger partial charge on any atom is 0.197 e. The van der Waals surface area contributed by atoms with Crippen LogP contribution in [0, 0.1) is 0 Å². The first-order chi connectivity index (χ1) is 7.81. The van der Waals surface area contributed by atoms with Crippen molar-refractivity contribution in [1.82, 2.24) is 0 Å². The fraction of sp³-hybridized carbons (Fsp3) is 0.417. The summed E-state index contributed by atoms with van der Waals surface area (Å²) in [7, 11) is 1.67. The van der Waals surface area contributed by atoms with Crippen LogP contribution in [-0.4, -0.2) is 32.2 Å². The van der Waals surface area contributed by atoms with Crippen LogP contribution in [0.2, 0.25) is 0 Å². The monoisotopic (exact) mass is 220 g/mol. The highest BCUT2D eigenvalue weighted by Gasteiger charge is 2.17. The second-order valence-corrected chi connectivity index (χ2v) is 3.75. The molecule has 1 unspecified atom stereocenters. The first-order valence-corrected chi connectivity index (χ1v) is 5.34. The summed E-state index contributed by atoms with van der Waals surface area (Å²) in [5, 5.41) is 0. The van der Waals surface area contributed by atoms with Crippen LogP contribution in [0.5, 0.6) is 5.75 Å². The van der Waals surface area contributed by atoms with Gasteiger partial charge in [-0.15, -0.1) is 0 Å². The van der Waals surface area contributed by atoms with Crippen LogP contribution in [0.3, 0.4) is 0 Å². The minimum atomic E-state index is 0.186. The summed E-state index contributed by atoms with van der Waals surface area (Å²) in [6.45, 7) is 1.01. The Morgan fingerprint density at radius 1 is 1.56 bits per heavy atom. The molecule has 1 aliphatic rings. The van der Waals surface area contributed by atoms with Crippen molar-refractivity contribution in [2.24, 2.45) is 10.7 Å². The highest BCUT2D eigenvalue weighted by Crippen LogP contribution is 2.16. The number of aliphatic imine (C=N–C) groups is 1. The van der Waals surface area contributed by atoms with E-state index in [1.54, 1.807) is 7.11 Å². The quantitative estimate of drug-likeness (QED) is 0.823. The van der Waals surface area contributed by atoms with Gasteiger partial charge in [0.1, 0.15) is 12.4 Å². The average molecular weight is 220 g/mol. The summed E-state index contributed by atoms with van der Waals surface area (Å²) in [5.41, 5.74) is 6.66. The van der Waals surface area contributed by atoms with E-state index in [0.29, 0.717) is 19.0 Å². The van der Waals surface area contributed by atoms with Gasteiger partial charge >= 0.3 is 0 Å². The predicted octanol–water partition coefficient (Wildman–Crippen LogP) is 0.994. The van der Waals surface area contributed by atoms with E-state index in [1.165, 1.54) is 5.56 Å². The van der Waals surface area contributed by atoms with E-state index in [0.717, 1.165) is 12.2 Å². The van der Waals surface area contributed by atoms with Gasteiger partial charge in [-0.3, -0.25) is 0 Å². The molecule has 4 heteroatoms. The fourth-order valence-electron chi connectivity index (χ4n) is 1.76. The van der Waals surface area contributed by atoms with Gasteiger partial charge in [0, 0.05) is 0 Å². The summed E-state index contributed by atoms with van der Waals surface area (Å²) >= 11 is 0. The number of methoxy groups -OCH3 is 1. The third kappa shape index (κ3) is 2.52.